The molecule has 148 valence electrons. The molecule has 6 heteroatoms. The summed E-state index contributed by atoms with van der Waals surface area (Å²) in [5, 5.41) is 0. The van der Waals surface area contributed by atoms with E-state index in [1.54, 1.807) is 4.90 Å². The predicted molar refractivity (Wildman–Crippen MR) is 113 cm³/mol. The van der Waals surface area contributed by atoms with Crippen LogP contribution in [-0.4, -0.2) is 54.4 Å². The third kappa shape index (κ3) is 4.73. The highest BCUT2D eigenvalue weighted by molar-refractivity contribution is 9.10. The normalized spacial score (nSPS) is 14.5. The minimum Gasteiger partial charge on any atom is -0.483 e. The zero-order chi connectivity index (χ0) is 20.1. The Kier molecular flexibility index (Phi) is 6.73. The maximum Gasteiger partial charge on any atom is 0.260 e. The number of nitrogens with zero attached hydrogens (tertiary/aromatic N) is 2. The summed E-state index contributed by atoms with van der Waals surface area (Å²) in [5.74, 6) is 0.693. The van der Waals surface area contributed by atoms with E-state index in [0.29, 0.717) is 31.7 Å². The largest absolute Gasteiger partial charge is 0.483 e. The maximum absolute atomic E-state index is 12.8. The number of benzene rings is 2. The van der Waals surface area contributed by atoms with Crippen molar-refractivity contribution in [1.29, 1.82) is 0 Å². The van der Waals surface area contributed by atoms with Gasteiger partial charge in [0.15, 0.2) is 6.61 Å². The van der Waals surface area contributed by atoms with E-state index >= 15 is 0 Å². The van der Waals surface area contributed by atoms with E-state index in [1.165, 1.54) is 0 Å². The van der Waals surface area contributed by atoms with Crippen molar-refractivity contribution in [2.45, 2.75) is 20.3 Å². The zero-order valence-electron chi connectivity index (χ0n) is 16.3. The summed E-state index contributed by atoms with van der Waals surface area (Å²) in [6.07, 6.45) is 0.755. The van der Waals surface area contributed by atoms with Gasteiger partial charge in [-0.2, -0.15) is 0 Å². The van der Waals surface area contributed by atoms with E-state index in [2.05, 4.69) is 15.9 Å². The van der Waals surface area contributed by atoms with Crippen molar-refractivity contribution < 1.29 is 14.3 Å². The minimum atomic E-state index is -0.0453. The summed E-state index contributed by atoms with van der Waals surface area (Å²) in [7, 11) is 0. The molecule has 1 saturated heterocycles. The molecule has 28 heavy (non-hydrogen) atoms. The Hall–Kier alpha value is -2.34. The summed E-state index contributed by atoms with van der Waals surface area (Å²) >= 11 is 3.44. The third-order valence-corrected chi connectivity index (χ3v) is 5.84. The molecule has 0 aliphatic carbocycles. The fraction of sp³-hybridized carbons (Fsp3) is 0.364. The van der Waals surface area contributed by atoms with Gasteiger partial charge in [0.05, 0.1) is 5.56 Å². The summed E-state index contributed by atoms with van der Waals surface area (Å²) in [5.41, 5.74) is 2.85. The first-order valence-corrected chi connectivity index (χ1v) is 10.3. The van der Waals surface area contributed by atoms with Crippen LogP contribution in [0.4, 0.5) is 0 Å². The zero-order valence-corrected chi connectivity index (χ0v) is 17.9. The molecule has 2 aromatic carbocycles. The van der Waals surface area contributed by atoms with Gasteiger partial charge in [0, 0.05) is 30.7 Å². The highest BCUT2D eigenvalue weighted by atomic mass is 79.9. The molecule has 2 aromatic rings. The van der Waals surface area contributed by atoms with E-state index in [-0.39, 0.29) is 18.4 Å². The molecule has 0 radical (unpaired) electrons. The SMILES string of the molecule is Cc1cccc(OCC(=O)N2CCCN(C(=O)c3ccccc3Br)CC2)c1C. The van der Waals surface area contributed by atoms with Crippen molar-refractivity contribution >= 4 is 27.7 Å². The predicted octanol–water partition coefficient (Wildman–Crippen LogP) is 3.82. The first kappa shape index (κ1) is 20.4. The average molecular weight is 445 g/mol. The summed E-state index contributed by atoms with van der Waals surface area (Å²) in [4.78, 5) is 29.0. The molecule has 1 fully saturated rings. The minimum absolute atomic E-state index is 0.00610. The van der Waals surface area contributed by atoms with Crippen molar-refractivity contribution in [3.05, 3.63) is 63.6 Å². The second-order valence-corrected chi connectivity index (χ2v) is 7.85. The van der Waals surface area contributed by atoms with E-state index in [1.807, 2.05) is 61.2 Å². The van der Waals surface area contributed by atoms with Crippen LogP contribution in [0.25, 0.3) is 0 Å². The second-order valence-electron chi connectivity index (χ2n) is 6.99. The molecule has 0 saturated carbocycles. The van der Waals surface area contributed by atoms with Crippen LogP contribution in [0.3, 0.4) is 0 Å². The lowest BCUT2D eigenvalue weighted by molar-refractivity contribution is -0.133. The Labute approximate surface area is 174 Å². The number of amides is 2. The van der Waals surface area contributed by atoms with E-state index < -0.39 is 0 Å². The lowest BCUT2D eigenvalue weighted by atomic mass is 10.1. The number of ether oxygens (including phenoxy) is 1. The van der Waals surface area contributed by atoms with Crippen LogP contribution in [0.15, 0.2) is 46.9 Å². The summed E-state index contributed by atoms with van der Waals surface area (Å²) in [6, 6.07) is 13.3. The highest BCUT2D eigenvalue weighted by Crippen LogP contribution is 2.21. The second kappa shape index (κ2) is 9.24. The van der Waals surface area contributed by atoms with E-state index in [4.69, 9.17) is 4.74 Å². The third-order valence-electron chi connectivity index (χ3n) is 5.15. The fourth-order valence-corrected chi connectivity index (χ4v) is 3.74. The number of hydrogen-bond donors (Lipinski definition) is 0. The van der Waals surface area contributed by atoms with Crippen molar-refractivity contribution in [2.24, 2.45) is 0 Å². The maximum atomic E-state index is 12.8. The lowest BCUT2D eigenvalue weighted by Crippen LogP contribution is -2.39. The van der Waals surface area contributed by atoms with Gasteiger partial charge in [0.25, 0.3) is 11.8 Å². The van der Waals surface area contributed by atoms with Crippen LogP contribution >= 0.6 is 15.9 Å². The molecule has 0 spiro atoms. The van der Waals surface area contributed by atoms with Crippen LogP contribution in [-0.2, 0) is 4.79 Å². The molecule has 1 aliphatic rings. The van der Waals surface area contributed by atoms with E-state index in [0.717, 1.165) is 27.8 Å². The molecular weight excluding hydrogens is 420 g/mol. The fourth-order valence-electron chi connectivity index (χ4n) is 3.29. The van der Waals surface area contributed by atoms with Gasteiger partial charge in [-0.3, -0.25) is 9.59 Å². The van der Waals surface area contributed by atoms with Gasteiger partial charge in [-0.05, 0) is 65.5 Å². The van der Waals surface area contributed by atoms with Gasteiger partial charge < -0.3 is 14.5 Å². The molecule has 1 aliphatic heterocycles. The van der Waals surface area contributed by atoms with Gasteiger partial charge in [0.2, 0.25) is 0 Å². The monoisotopic (exact) mass is 444 g/mol. The van der Waals surface area contributed by atoms with Crippen molar-refractivity contribution in [2.75, 3.05) is 32.8 Å². The molecule has 0 N–H and O–H groups in total. The molecule has 5 nitrogen and oxygen atoms in total. The van der Waals surface area contributed by atoms with Gasteiger partial charge >= 0.3 is 0 Å². The molecule has 0 bridgehead atoms. The highest BCUT2D eigenvalue weighted by Gasteiger charge is 2.24. The Balaban J connectivity index is 1.57. The Morgan fingerprint density at radius 3 is 2.46 bits per heavy atom. The molecule has 1 heterocycles. The van der Waals surface area contributed by atoms with Crippen LogP contribution < -0.4 is 4.74 Å². The van der Waals surface area contributed by atoms with Crippen molar-refractivity contribution in [3.63, 3.8) is 0 Å². The van der Waals surface area contributed by atoms with Crippen LogP contribution in [0.2, 0.25) is 0 Å². The molecular formula is C22H25BrN2O3. The van der Waals surface area contributed by atoms with Gasteiger partial charge in [-0.1, -0.05) is 24.3 Å². The molecule has 0 aromatic heterocycles. The van der Waals surface area contributed by atoms with Gasteiger partial charge in [0.1, 0.15) is 5.75 Å². The molecule has 0 atom stereocenters. The standard InChI is InChI=1S/C22H25BrN2O3/c1-16-7-5-10-20(17(16)2)28-15-21(26)24-11-6-12-25(14-13-24)22(27)18-8-3-4-9-19(18)23/h3-5,7-10H,6,11-15H2,1-2H3. The van der Waals surface area contributed by atoms with Crippen LogP contribution in [0, 0.1) is 13.8 Å². The number of rotatable bonds is 4. The number of hydrogen-bond acceptors (Lipinski definition) is 3. The Morgan fingerprint density at radius 1 is 0.964 bits per heavy atom. The summed E-state index contributed by atoms with van der Waals surface area (Å²) < 4.78 is 6.55. The lowest BCUT2D eigenvalue weighted by Gasteiger charge is -2.23. The topological polar surface area (TPSA) is 49.9 Å². The number of halogens is 1. The number of carbonyl (C=O) groups is 2. The van der Waals surface area contributed by atoms with Crippen molar-refractivity contribution in [1.82, 2.24) is 9.80 Å². The molecule has 0 unspecified atom stereocenters. The summed E-state index contributed by atoms with van der Waals surface area (Å²) in [6.45, 7) is 6.35. The van der Waals surface area contributed by atoms with Crippen LogP contribution in [0.5, 0.6) is 5.75 Å². The van der Waals surface area contributed by atoms with Crippen LogP contribution in [0.1, 0.15) is 27.9 Å². The Bertz CT molecular complexity index is 869. The number of aryl methyl sites for hydroxylation is 1. The first-order chi connectivity index (χ1) is 13.5. The van der Waals surface area contributed by atoms with E-state index in [9.17, 15) is 9.59 Å². The average Bonchev–Trinajstić information content (AvgIpc) is 2.95. The molecule has 3 rings (SSSR count). The van der Waals surface area contributed by atoms with Crippen molar-refractivity contribution in [3.8, 4) is 5.75 Å². The number of carbonyl (C=O) groups excluding carboxylic acids is 2. The quantitative estimate of drug-likeness (QED) is 0.719. The van der Waals surface area contributed by atoms with Gasteiger partial charge in [-0.25, -0.2) is 0 Å². The van der Waals surface area contributed by atoms with Gasteiger partial charge in [-0.15, -0.1) is 0 Å². The first-order valence-electron chi connectivity index (χ1n) is 9.48. The smallest absolute Gasteiger partial charge is 0.260 e. The Morgan fingerprint density at radius 2 is 1.68 bits per heavy atom. The molecule has 2 amide bonds.